The number of halogens is 1. The van der Waals surface area contributed by atoms with Gasteiger partial charge in [0.15, 0.2) is 5.76 Å². The summed E-state index contributed by atoms with van der Waals surface area (Å²) in [5.74, 6) is 0.387. The lowest BCUT2D eigenvalue weighted by molar-refractivity contribution is -0.138. The van der Waals surface area contributed by atoms with Crippen molar-refractivity contribution in [3.05, 3.63) is 46.3 Å². The number of aryl methyl sites for hydroxylation is 2. The molecule has 32 heavy (non-hydrogen) atoms. The Morgan fingerprint density at radius 3 is 2.47 bits per heavy atom. The summed E-state index contributed by atoms with van der Waals surface area (Å²) in [6.45, 7) is 4.76. The molecule has 0 spiro atoms. The molecule has 0 radical (unpaired) electrons. The molecule has 1 saturated carbocycles. The standard InChI is InChI=1S/C23H30ClN3O4S/c1-17-21(18(2)31-25-17)32(29,30)27-13-7-12-26(14-15-27)22(28)23(10-4-3-5-11-23)19-8-6-9-20(24)16-19/h6,8-9,16H,3-5,7,10-15H2,1-2H3. The Labute approximate surface area is 194 Å². The zero-order valence-electron chi connectivity index (χ0n) is 18.6. The number of hydrogen-bond acceptors (Lipinski definition) is 5. The van der Waals surface area contributed by atoms with Crippen molar-refractivity contribution < 1.29 is 17.7 Å². The molecule has 1 aromatic carbocycles. The number of hydrogen-bond donors (Lipinski definition) is 0. The van der Waals surface area contributed by atoms with Crippen molar-refractivity contribution >= 4 is 27.5 Å². The summed E-state index contributed by atoms with van der Waals surface area (Å²) in [5.41, 5.74) is 0.750. The van der Waals surface area contributed by atoms with Crippen LogP contribution >= 0.6 is 11.6 Å². The number of sulfonamides is 1. The zero-order valence-corrected chi connectivity index (χ0v) is 20.2. The van der Waals surface area contributed by atoms with E-state index in [1.807, 2.05) is 29.2 Å². The number of rotatable bonds is 4. The van der Waals surface area contributed by atoms with Crippen molar-refractivity contribution in [2.75, 3.05) is 26.2 Å². The SMILES string of the molecule is Cc1noc(C)c1S(=O)(=O)N1CCCN(C(=O)C2(c3cccc(Cl)c3)CCCCC2)CC1. The number of amides is 1. The molecule has 7 nitrogen and oxygen atoms in total. The normalized spacial score (nSPS) is 20.2. The van der Waals surface area contributed by atoms with Crippen molar-refractivity contribution in [3.63, 3.8) is 0 Å². The molecule has 0 N–H and O–H groups in total. The highest BCUT2D eigenvalue weighted by Crippen LogP contribution is 2.42. The van der Waals surface area contributed by atoms with Gasteiger partial charge in [-0.15, -0.1) is 0 Å². The largest absolute Gasteiger partial charge is 0.360 e. The maximum Gasteiger partial charge on any atom is 0.248 e. The van der Waals surface area contributed by atoms with Crippen LogP contribution in [0.3, 0.4) is 0 Å². The number of carbonyl (C=O) groups is 1. The van der Waals surface area contributed by atoms with Crippen LogP contribution in [-0.4, -0.2) is 54.9 Å². The van der Waals surface area contributed by atoms with Crippen LogP contribution in [0.4, 0.5) is 0 Å². The summed E-state index contributed by atoms with van der Waals surface area (Å²) < 4.78 is 33.0. The van der Waals surface area contributed by atoms with Gasteiger partial charge in [0.1, 0.15) is 10.6 Å². The minimum atomic E-state index is -3.73. The van der Waals surface area contributed by atoms with Gasteiger partial charge in [-0.1, -0.05) is 48.2 Å². The van der Waals surface area contributed by atoms with Crippen molar-refractivity contribution in [2.24, 2.45) is 0 Å². The molecule has 174 valence electrons. The molecule has 0 unspecified atom stereocenters. The Bertz CT molecular complexity index is 1070. The van der Waals surface area contributed by atoms with E-state index in [1.54, 1.807) is 13.8 Å². The fraction of sp³-hybridized carbons (Fsp3) is 0.565. The van der Waals surface area contributed by atoms with E-state index >= 15 is 0 Å². The molecular weight excluding hydrogens is 450 g/mol. The second kappa shape index (κ2) is 9.15. The molecule has 1 aliphatic carbocycles. The van der Waals surface area contributed by atoms with Crippen LogP contribution in [0.25, 0.3) is 0 Å². The Morgan fingerprint density at radius 2 is 1.81 bits per heavy atom. The van der Waals surface area contributed by atoms with Gasteiger partial charge in [0.2, 0.25) is 15.9 Å². The highest BCUT2D eigenvalue weighted by molar-refractivity contribution is 7.89. The number of aromatic nitrogens is 1. The Balaban J connectivity index is 1.57. The van der Waals surface area contributed by atoms with Crippen LogP contribution < -0.4 is 0 Å². The maximum atomic E-state index is 13.9. The molecule has 4 rings (SSSR count). The van der Waals surface area contributed by atoms with E-state index in [1.165, 1.54) is 4.31 Å². The minimum Gasteiger partial charge on any atom is -0.360 e. The molecule has 2 aromatic rings. The molecule has 1 aromatic heterocycles. The van der Waals surface area contributed by atoms with E-state index in [0.717, 1.165) is 37.7 Å². The third kappa shape index (κ3) is 4.20. The molecule has 2 heterocycles. The topological polar surface area (TPSA) is 83.7 Å². The van der Waals surface area contributed by atoms with Gasteiger partial charge >= 0.3 is 0 Å². The smallest absolute Gasteiger partial charge is 0.248 e. The van der Waals surface area contributed by atoms with E-state index in [9.17, 15) is 13.2 Å². The molecule has 1 aliphatic heterocycles. The molecule has 2 aliphatic rings. The van der Waals surface area contributed by atoms with Crippen molar-refractivity contribution in [1.82, 2.24) is 14.4 Å². The van der Waals surface area contributed by atoms with E-state index < -0.39 is 15.4 Å². The third-order valence-electron chi connectivity index (χ3n) is 6.80. The fourth-order valence-corrected chi connectivity index (χ4v) is 7.13. The zero-order chi connectivity index (χ0) is 22.9. The van der Waals surface area contributed by atoms with Gasteiger partial charge in [0.05, 0.1) is 5.41 Å². The molecule has 9 heteroatoms. The summed E-state index contributed by atoms with van der Waals surface area (Å²) in [7, 11) is -3.73. The first-order valence-corrected chi connectivity index (χ1v) is 13.1. The first-order chi connectivity index (χ1) is 15.3. The average molecular weight is 480 g/mol. The summed E-state index contributed by atoms with van der Waals surface area (Å²) in [4.78, 5) is 15.9. The molecule has 0 bridgehead atoms. The summed E-state index contributed by atoms with van der Waals surface area (Å²) in [5, 5.41) is 4.43. The Kier molecular flexibility index (Phi) is 6.66. The lowest BCUT2D eigenvalue weighted by atomic mass is 9.68. The van der Waals surface area contributed by atoms with Crippen LogP contribution in [0.15, 0.2) is 33.7 Å². The minimum absolute atomic E-state index is 0.0936. The van der Waals surface area contributed by atoms with Gasteiger partial charge in [-0.2, -0.15) is 4.31 Å². The lowest BCUT2D eigenvalue weighted by Crippen LogP contribution is -2.49. The van der Waals surface area contributed by atoms with Gasteiger partial charge in [-0.05, 0) is 50.8 Å². The quantitative estimate of drug-likeness (QED) is 0.660. The molecule has 2 fully saturated rings. The van der Waals surface area contributed by atoms with E-state index in [-0.39, 0.29) is 17.3 Å². The van der Waals surface area contributed by atoms with E-state index in [4.69, 9.17) is 16.1 Å². The van der Waals surface area contributed by atoms with Crippen LogP contribution in [-0.2, 0) is 20.2 Å². The fourth-order valence-electron chi connectivity index (χ4n) is 5.18. The highest BCUT2D eigenvalue weighted by Gasteiger charge is 2.44. The maximum absolute atomic E-state index is 13.9. The van der Waals surface area contributed by atoms with Crippen LogP contribution in [0.5, 0.6) is 0 Å². The number of carbonyl (C=O) groups excluding carboxylic acids is 1. The van der Waals surface area contributed by atoms with Crippen molar-refractivity contribution in [3.8, 4) is 0 Å². The summed E-state index contributed by atoms with van der Waals surface area (Å²) in [6.07, 6.45) is 5.30. The lowest BCUT2D eigenvalue weighted by Gasteiger charge is -2.40. The first kappa shape index (κ1) is 23.3. The number of nitrogens with zero attached hydrogens (tertiary/aromatic N) is 3. The highest BCUT2D eigenvalue weighted by atomic mass is 35.5. The molecular formula is C23H30ClN3O4S. The van der Waals surface area contributed by atoms with Gasteiger partial charge in [0, 0.05) is 31.2 Å². The van der Waals surface area contributed by atoms with E-state index in [2.05, 4.69) is 5.16 Å². The monoisotopic (exact) mass is 479 g/mol. The molecule has 1 saturated heterocycles. The van der Waals surface area contributed by atoms with Gasteiger partial charge in [-0.3, -0.25) is 4.79 Å². The van der Waals surface area contributed by atoms with Gasteiger partial charge < -0.3 is 9.42 Å². The van der Waals surface area contributed by atoms with Gasteiger partial charge in [0.25, 0.3) is 0 Å². The number of benzene rings is 1. The molecule has 1 amide bonds. The third-order valence-corrected chi connectivity index (χ3v) is 9.18. The Hall–Kier alpha value is -1.90. The van der Waals surface area contributed by atoms with E-state index in [0.29, 0.717) is 42.5 Å². The second-order valence-electron chi connectivity index (χ2n) is 8.86. The first-order valence-electron chi connectivity index (χ1n) is 11.2. The molecule has 0 atom stereocenters. The van der Waals surface area contributed by atoms with Gasteiger partial charge in [-0.25, -0.2) is 8.42 Å². The van der Waals surface area contributed by atoms with Crippen molar-refractivity contribution in [2.45, 2.75) is 62.7 Å². The van der Waals surface area contributed by atoms with Crippen LogP contribution in [0, 0.1) is 13.8 Å². The van der Waals surface area contributed by atoms with Crippen LogP contribution in [0.1, 0.15) is 55.5 Å². The van der Waals surface area contributed by atoms with Crippen molar-refractivity contribution in [1.29, 1.82) is 0 Å². The summed E-state index contributed by atoms with van der Waals surface area (Å²) >= 11 is 6.28. The predicted octanol–water partition coefficient (Wildman–Crippen LogP) is 4.07. The Morgan fingerprint density at radius 1 is 1.06 bits per heavy atom. The predicted molar refractivity (Wildman–Crippen MR) is 122 cm³/mol. The summed E-state index contributed by atoms with van der Waals surface area (Å²) in [6, 6.07) is 7.65. The van der Waals surface area contributed by atoms with Crippen LogP contribution in [0.2, 0.25) is 5.02 Å². The second-order valence-corrected chi connectivity index (χ2v) is 11.2. The average Bonchev–Trinajstić information content (AvgIpc) is 2.98.